The topological polar surface area (TPSA) is 49.9 Å². The Morgan fingerprint density at radius 2 is 1.83 bits per heavy atom. The van der Waals surface area contributed by atoms with Gasteiger partial charge in [0.2, 0.25) is 11.8 Å². The molecule has 130 valence electrons. The zero-order chi connectivity index (χ0) is 16.9. The smallest absolute Gasteiger partial charge is 0.228 e. The first kappa shape index (κ1) is 16.8. The highest BCUT2D eigenvalue weighted by Crippen LogP contribution is 2.29. The minimum absolute atomic E-state index is 0.0219. The number of carbonyl (C=O) groups is 2. The van der Waals surface area contributed by atoms with Crippen molar-refractivity contribution in [2.75, 3.05) is 31.6 Å². The van der Waals surface area contributed by atoms with Crippen LogP contribution in [0.25, 0.3) is 0 Å². The quantitative estimate of drug-likeness (QED) is 0.856. The Morgan fingerprint density at radius 1 is 1.12 bits per heavy atom. The van der Waals surface area contributed by atoms with E-state index in [2.05, 4.69) is 0 Å². The summed E-state index contributed by atoms with van der Waals surface area (Å²) in [5.41, 5.74) is 0.808. The molecule has 1 atom stereocenters. The molecule has 0 bridgehead atoms. The highest BCUT2D eigenvalue weighted by Gasteiger charge is 2.37. The van der Waals surface area contributed by atoms with E-state index in [-0.39, 0.29) is 17.7 Å². The van der Waals surface area contributed by atoms with Gasteiger partial charge in [0.1, 0.15) is 5.75 Å². The Kier molecular flexibility index (Phi) is 5.38. The number of benzene rings is 1. The normalized spacial score (nSPS) is 22.2. The standard InChI is InChI=1S/C19H26N2O3/c1-24-17-9-7-8-16(13-17)21-14-15(12-18(21)22)19(23)20-10-5-3-2-4-6-11-20/h7-9,13,15H,2-6,10-12,14H2,1H3. The molecular weight excluding hydrogens is 304 g/mol. The molecule has 1 unspecified atom stereocenters. The van der Waals surface area contributed by atoms with Crippen molar-refractivity contribution in [2.45, 2.75) is 38.5 Å². The summed E-state index contributed by atoms with van der Waals surface area (Å²) in [4.78, 5) is 28.9. The molecular formula is C19H26N2O3. The van der Waals surface area contributed by atoms with E-state index >= 15 is 0 Å². The van der Waals surface area contributed by atoms with Gasteiger partial charge in [-0.15, -0.1) is 0 Å². The molecule has 24 heavy (non-hydrogen) atoms. The monoisotopic (exact) mass is 330 g/mol. The fourth-order valence-corrected chi connectivity index (χ4v) is 3.63. The molecule has 2 heterocycles. The number of rotatable bonds is 3. The first-order valence-electron chi connectivity index (χ1n) is 8.92. The van der Waals surface area contributed by atoms with E-state index < -0.39 is 0 Å². The Bertz CT molecular complexity index is 594. The summed E-state index contributed by atoms with van der Waals surface area (Å²) in [6.45, 7) is 2.15. The van der Waals surface area contributed by atoms with Gasteiger partial charge in [-0.25, -0.2) is 0 Å². The largest absolute Gasteiger partial charge is 0.497 e. The van der Waals surface area contributed by atoms with Crippen LogP contribution in [-0.4, -0.2) is 43.5 Å². The third-order valence-corrected chi connectivity index (χ3v) is 5.01. The van der Waals surface area contributed by atoms with Gasteiger partial charge in [0, 0.05) is 37.8 Å². The lowest BCUT2D eigenvalue weighted by atomic mass is 10.0. The Hall–Kier alpha value is -2.04. The summed E-state index contributed by atoms with van der Waals surface area (Å²) in [5, 5.41) is 0. The van der Waals surface area contributed by atoms with Crippen LogP contribution in [0.3, 0.4) is 0 Å². The van der Waals surface area contributed by atoms with E-state index in [9.17, 15) is 9.59 Å². The number of ether oxygens (including phenoxy) is 1. The number of carbonyl (C=O) groups excluding carboxylic acids is 2. The van der Waals surface area contributed by atoms with Crippen molar-refractivity contribution >= 4 is 17.5 Å². The molecule has 0 radical (unpaired) electrons. The highest BCUT2D eigenvalue weighted by atomic mass is 16.5. The molecule has 0 aliphatic carbocycles. The second kappa shape index (κ2) is 7.69. The van der Waals surface area contributed by atoms with Crippen LogP contribution in [0.15, 0.2) is 24.3 Å². The van der Waals surface area contributed by atoms with Gasteiger partial charge in [0.05, 0.1) is 13.0 Å². The van der Waals surface area contributed by atoms with E-state index in [1.54, 1.807) is 12.0 Å². The highest BCUT2D eigenvalue weighted by molar-refractivity contribution is 6.00. The van der Waals surface area contributed by atoms with Gasteiger partial charge in [0.15, 0.2) is 0 Å². The van der Waals surface area contributed by atoms with E-state index in [4.69, 9.17) is 4.74 Å². The Morgan fingerprint density at radius 3 is 2.54 bits per heavy atom. The minimum Gasteiger partial charge on any atom is -0.497 e. The average Bonchev–Trinajstić information content (AvgIpc) is 2.96. The first-order chi connectivity index (χ1) is 11.7. The second-order valence-corrected chi connectivity index (χ2v) is 6.70. The molecule has 2 saturated heterocycles. The summed E-state index contributed by atoms with van der Waals surface area (Å²) in [6.07, 6.45) is 6.13. The molecule has 0 N–H and O–H groups in total. The Balaban J connectivity index is 1.68. The number of hydrogen-bond acceptors (Lipinski definition) is 3. The third-order valence-electron chi connectivity index (χ3n) is 5.01. The summed E-state index contributed by atoms with van der Waals surface area (Å²) in [6, 6.07) is 7.46. The second-order valence-electron chi connectivity index (χ2n) is 6.70. The molecule has 2 aliphatic heterocycles. The van der Waals surface area contributed by atoms with Crippen LogP contribution in [0.5, 0.6) is 5.75 Å². The average molecular weight is 330 g/mol. The molecule has 3 rings (SSSR count). The van der Waals surface area contributed by atoms with Crippen molar-refractivity contribution < 1.29 is 14.3 Å². The summed E-state index contributed by atoms with van der Waals surface area (Å²) in [7, 11) is 1.61. The van der Waals surface area contributed by atoms with Crippen molar-refractivity contribution in [1.29, 1.82) is 0 Å². The summed E-state index contributed by atoms with van der Waals surface area (Å²) < 4.78 is 5.23. The molecule has 5 heteroatoms. The molecule has 1 aromatic carbocycles. The SMILES string of the molecule is COc1cccc(N2CC(C(=O)N3CCCCCCC3)CC2=O)c1. The predicted molar refractivity (Wildman–Crippen MR) is 93.1 cm³/mol. The number of amides is 2. The van der Waals surface area contributed by atoms with Crippen molar-refractivity contribution in [1.82, 2.24) is 4.90 Å². The Labute approximate surface area is 143 Å². The lowest BCUT2D eigenvalue weighted by molar-refractivity contribution is -0.136. The van der Waals surface area contributed by atoms with Gasteiger partial charge in [0.25, 0.3) is 0 Å². The predicted octanol–water partition coefficient (Wildman–Crippen LogP) is 2.84. The van der Waals surface area contributed by atoms with Gasteiger partial charge in [-0.2, -0.15) is 0 Å². The molecule has 0 saturated carbocycles. The maximum absolute atomic E-state index is 12.8. The fourth-order valence-electron chi connectivity index (χ4n) is 3.63. The molecule has 2 amide bonds. The number of hydrogen-bond donors (Lipinski definition) is 0. The lowest BCUT2D eigenvalue weighted by Crippen LogP contribution is -2.39. The number of anilines is 1. The molecule has 0 aromatic heterocycles. The van der Waals surface area contributed by atoms with Gasteiger partial charge >= 0.3 is 0 Å². The lowest BCUT2D eigenvalue weighted by Gasteiger charge is -2.27. The minimum atomic E-state index is -0.219. The first-order valence-corrected chi connectivity index (χ1v) is 8.92. The van der Waals surface area contributed by atoms with Crippen LogP contribution >= 0.6 is 0 Å². The van der Waals surface area contributed by atoms with Crippen LogP contribution in [0.4, 0.5) is 5.69 Å². The van der Waals surface area contributed by atoms with Crippen LogP contribution in [0, 0.1) is 5.92 Å². The number of likely N-dealkylation sites (tertiary alicyclic amines) is 1. The molecule has 2 aliphatic rings. The number of methoxy groups -OCH3 is 1. The molecule has 0 spiro atoms. The van der Waals surface area contributed by atoms with E-state index in [1.807, 2.05) is 29.2 Å². The maximum Gasteiger partial charge on any atom is 0.228 e. The van der Waals surface area contributed by atoms with Crippen LogP contribution in [-0.2, 0) is 9.59 Å². The summed E-state index contributed by atoms with van der Waals surface area (Å²) in [5.74, 6) is 0.672. The third kappa shape index (κ3) is 3.71. The van der Waals surface area contributed by atoms with Crippen molar-refractivity contribution in [3.8, 4) is 5.75 Å². The van der Waals surface area contributed by atoms with Crippen LogP contribution < -0.4 is 9.64 Å². The van der Waals surface area contributed by atoms with E-state index in [0.29, 0.717) is 13.0 Å². The molecule has 2 fully saturated rings. The maximum atomic E-state index is 12.8. The van der Waals surface area contributed by atoms with Crippen LogP contribution in [0.1, 0.15) is 38.5 Å². The van der Waals surface area contributed by atoms with Gasteiger partial charge in [-0.3, -0.25) is 9.59 Å². The van der Waals surface area contributed by atoms with Gasteiger partial charge in [-0.05, 0) is 25.0 Å². The van der Waals surface area contributed by atoms with Gasteiger partial charge in [-0.1, -0.05) is 25.3 Å². The van der Waals surface area contributed by atoms with Gasteiger partial charge < -0.3 is 14.5 Å². The fraction of sp³-hybridized carbons (Fsp3) is 0.579. The van der Waals surface area contributed by atoms with Crippen molar-refractivity contribution in [2.24, 2.45) is 5.92 Å². The van der Waals surface area contributed by atoms with Crippen molar-refractivity contribution in [3.05, 3.63) is 24.3 Å². The van der Waals surface area contributed by atoms with E-state index in [1.165, 1.54) is 19.3 Å². The zero-order valence-corrected chi connectivity index (χ0v) is 14.4. The van der Waals surface area contributed by atoms with Crippen LogP contribution in [0.2, 0.25) is 0 Å². The summed E-state index contributed by atoms with van der Waals surface area (Å²) >= 11 is 0. The zero-order valence-electron chi connectivity index (χ0n) is 14.4. The van der Waals surface area contributed by atoms with E-state index in [0.717, 1.165) is 37.4 Å². The van der Waals surface area contributed by atoms with Crippen molar-refractivity contribution in [3.63, 3.8) is 0 Å². The number of nitrogens with zero attached hydrogens (tertiary/aromatic N) is 2. The molecule has 5 nitrogen and oxygen atoms in total. The molecule has 1 aromatic rings.